The van der Waals surface area contributed by atoms with Crippen molar-refractivity contribution >= 4 is 19.7 Å². The second-order valence-electron chi connectivity index (χ2n) is 5.15. The summed E-state index contributed by atoms with van der Waals surface area (Å²) in [5, 5.41) is 0. The Labute approximate surface area is 119 Å². The zero-order chi connectivity index (χ0) is 14.7. The minimum Gasteiger partial charge on any atom is -0.492 e. The van der Waals surface area contributed by atoms with E-state index in [1.165, 1.54) is 6.07 Å². The van der Waals surface area contributed by atoms with Crippen LogP contribution in [0.1, 0.15) is 32.8 Å². The number of benzene rings is 1. The lowest BCUT2D eigenvalue weighted by atomic mass is 9.86. The Bertz CT molecular complexity index is 592. The maximum absolute atomic E-state index is 11.4. The van der Waals surface area contributed by atoms with Gasteiger partial charge in [0.1, 0.15) is 5.75 Å². The molecule has 0 bridgehead atoms. The summed E-state index contributed by atoms with van der Waals surface area (Å²) in [5.74, 6) is 3.12. The van der Waals surface area contributed by atoms with Crippen molar-refractivity contribution in [3.63, 3.8) is 0 Å². The van der Waals surface area contributed by atoms with Crippen molar-refractivity contribution in [3.8, 4) is 18.1 Å². The molecule has 0 atom stereocenters. The van der Waals surface area contributed by atoms with Crippen molar-refractivity contribution in [1.29, 1.82) is 0 Å². The molecule has 0 heterocycles. The highest BCUT2D eigenvalue weighted by Crippen LogP contribution is 2.34. The highest BCUT2D eigenvalue weighted by Gasteiger charge is 2.22. The van der Waals surface area contributed by atoms with Crippen LogP contribution in [-0.4, -0.2) is 15.0 Å². The normalized spacial score (nSPS) is 11.9. The average Bonchev–Trinajstić information content (AvgIpc) is 2.27. The van der Waals surface area contributed by atoms with Crippen LogP contribution in [0.25, 0.3) is 0 Å². The minimum atomic E-state index is -3.74. The van der Waals surface area contributed by atoms with Crippen LogP contribution in [0.2, 0.25) is 0 Å². The van der Waals surface area contributed by atoms with Crippen LogP contribution in [0.15, 0.2) is 23.1 Å². The van der Waals surface area contributed by atoms with E-state index in [0.29, 0.717) is 18.8 Å². The molecule has 0 N–H and O–H groups in total. The molecule has 0 aliphatic heterocycles. The molecule has 1 rings (SSSR count). The van der Waals surface area contributed by atoms with Crippen molar-refractivity contribution in [2.75, 3.05) is 6.61 Å². The maximum Gasteiger partial charge on any atom is 0.261 e. The first-order chi connectivity index (χ1) is 8.66. The van der Waals surface area contributed by atoms with E-state index in [1.54, 1.807) is 12.1 Å². The number of terminal acetylenes is 1. The van der Waals surface area contributed by atoms with Gasteiger partial charge in [0, 0.05) is 22.7 Å². The first kappa shape index (κ1) is 15.9. The number of halogens is 1. The summed E-state index contributed by atoms with van der Waals surface area (Å²) < 4.78 is 28.4. The summed E-state index contributed by atoms with van der Waals surface area (Å²) in [5.41, 5.74) is 0.523. The predicted octanol–water partition coefficient (Wildman–Crippen LogP) is 3.31. The Hall–Kier alpha value is -1.18. The molecule has 0 unspecified atom stereocenters. The monoisotopic (exact) mass is 300 g/mol. The molecular formula is C14H17ClO3S. The third-order valence-corrected chi connectivity index (χ3v) is 3.90. The second kappa shape index (κ2) is 5.85. The maximum atomic E-state index is 11.4. The fourth-order valence-corrected chi connectivity index (χ4v) is 2.37. The van der Waals surface area contributed by atoms with Gasteiger partial charge in [0.05, 0.1) is 11.5 Å². The zero-order valence-corrected chi connectivity index (χ0v) is 12.8. The highest BCUT2D eigenvalue weighted by molar-refractivity contribution is 8.13. The van der Waals surface area contributed by atoms with Gasteiger partial charge >= 0.3 is 0 Å². The van der Waals surface area contributed by atoms with Gasteiger partial charge in [0.25, 0.3) is 9.05 Å². The van der Waals surface area contributed by atoms with Crippen LogP contribution in [0, 0.1) is 12.3 Å². The minimum absolute atomic E-state index is 0.0726. The predicted molar refractivity (Wildman–Crippen MR) is 77.1 cm³/mol. The van der Waals surface area contributed by atoms with Crippen LogP contribution >= 0.6 is 10.7 Å². The molecule has 19 heavy (non-hydrogen) atoms. The molecule has 0 fully saturated rings. The number of hydrogen-bond acceptors (Lipinski definition) is 3. The van der Waals surface area contributed by atoms with Crippen LogP contribution in [-0.2, 0) is 14.5 Å². The molecule has 1 aromatic rings. The Kier molecular flexibility index (Phi) is 4.89. The van der Waals surface area contributed by atoms with Gasteiger partial charge in [-0.1, -0.05) is 20.8 Å². The standard InChI is InChI=1S/C14H17ClO3S/c1-5-6-9-18-13-8-7-11(19(15,16)17)10-12(13)14(2,3)4/h1,7-8,10H,6,9H2,2-4H3. The summed E-state index contributed by atoms with van der Waals surface area (Å²) in [7, 11) is 1.62. The number of hydrogen-bond donors (Lipinski definition) is 0. The Balaban J connectivity index is 3.23. The van der Waals surface area contributed by atoms with Crippen LogP contribution in [0.5, 0.6) is 5.75 Å². The zero-order valence-electron chi connectivity index (χ0n) is 11.2. The SMILES string of the molecule is C#CCCOc1ccc(S(=O)(=O)Cl)cc1C(C)(C)C. The van der Waals surface area contributed by atoms with E-state index in [1.807, 2.05) is 20.8 Å². The van der Waals surface area contributed by atoms with Gasteiger partial charge in [-0.15, -0.1) is 12.3 Å². The topological polar surface area (TPSA) is 43.4 Å². The molecule has 0 aliphatic rings. The van der Waals surface area contributed by atoms with E-state index in [-0.39, 0.29) is 10.3 Å². The van der Waals surface area contributed by atoms with Crippen LogP contribution in [0.4, 0.5) is 0 Å². The number of rotatable bonds is 4. The van der Waals surface area contributed by atoms with Gasteiger partial charge in [-0.25, -0.2) is 8.42 Å². The lowest BCUT2D eigenvalue weighted by Gasteiger charge is -2.23. The Morgan fingerprint density at radius 2 is 2.00 bits per heavy atom. The summed E-state index contributed by atoms with van der Waals surface area (Å²) in [4.78, 5) is 0.0726. The molecule has 0 saturated carbocycles. The molecule has 0 amide bonds. The molecule has 0 aromatic heterocycles. The van der Waals surface area contributed by atoms with Crippen molar-refractivity contribution in [3.05, 3.63) is 23.8 Å². The van der Waals surface area contributed by atoms with E-state index in [0.717, 1.165) is 5.56 Å². The smallest absolute Gasteiger partial charge is 0.261 e. The van der Waals surface area contributed by atoms with Gasteiger partial charge < -0.3 is 4.74 Å². The third-order valence-electron chi connectivity index (χ3n) is 2.54. The van der Waals surface area contributed by atoms with Crippen molar-refractivity contribution < 1.29 is 13.2 Å². The lowest BCUT2D eigenvalue weighted by molar-refractivity contribution is 0.317. The molecule has 0 aliphatic carbocycles. The molecule has 5 heteroatoms. The third kappa shape index (κ3) is 4.45. The van der Waals surface area contributed by atoms with Crippen molar-refractivity contribution in [2.24, 2.45) is 0 Å². The first-order valence-electron chi connectivity index (χ1n) is 5.81. The molecule has 104 valence electrons. The molecule has 3 nitrogen and oxygen atoms in total. The summed E-state index contributed by atoms with van der Waals surface area (Å²) in [6, 6.07) is 4.60. The lowest BCUT2D eigenvalue weighted by Crippen LogP contribution is -2.14. The van der Waals surface area contributed by atoms with E-state index in [2.05, 4.69) is 5.92 Å². The molecular weight excluding hydrogens is 284 g/mol. The Morgan fingerprint density at radius 1 is 1.37 bits per heavy atom. The highest BCUT2D eigenvalue weighted by atomic mass is 35.7. The van der Waals surface area contributed by atoms with E-state index < -0.39 is 9.05 Å². The summed E-state index contributed by atoms with van der Waals surface area (Å²) in [6.07, 6.45) is 5.67. The summed E-state index contributed by atoms with van der Waals surface area (Å²) in [6.45, 7) is 6.32. The second-order valence-corrected chi connectivity index (χ2v) is 7.71. The average molecular weight is 301 g/mol. The van der Waals surface area contributed by atoms with Gasteiger partial charge in [-0.2, -0.15) is 0 Å². The van der Waals surface area contributed by atoms with Crippen molar-refractivity contribution in [1.82, 2.24) is 0 Å². The molecule has 0 saturated heterocycles. The van der Waals surface area contributed by atoms with Gasteiger partial charge in [0.2, 0.25) is 0 Å². The molecule has 1 aromatic carbocycles. The first-order valence-corrected chi connectivity index (χ1v) is 8.12. The Morgan fingerprint density at radius 3 is 2.47 bits per heavy atom. The van der Waals surface area contributed by atoms with Crippen molar-refractivity contribution in [2.45, 2.75) is 37.5 Å². The van der Waals surface area contributed by atoms with Gasteiger partial charge in [-0.05, 0) is 23.6 Å². The van der Waals surface area contributed by atoms with Crippen LogP contribution in [0.3, 0.4) is 0 Å². The van der Waals surface area contributed by atoms with E-state index in [4.69, 9.17) is 21.8 Å². The largest absolute Gasteiger partial charge is 0.492 e. The summed E-state index contributed by atoms with van der Waals surface area (Å²) >= 11 is 0. The van der Waals surface area contributed by atoms with E-state index in [9.17, 15) is 8.42 Å². The molecule has 0 spiro atoms. The number of ether oxygens (including phenoxy) is 1. The fraction of sp³-hybridized carbons (Fsp3) is 0.429. The quantitative estimate of drug-likeness (QED) is 0.487. The van der Waals surface area contributed by atoms with Gasteiger partial charge in [-0.3, -0.25) is 0 Å². The van der Waals surface area contributed by atoms with E-state index >= 15 is 0 Å². The molecule has 0 radical (unpaired) electrons. The fourth-order valence-electron chi connectivity index (χ4n) is 1.59. The van der Waals surface area contributed by atoms with Gasteiger partial charge in [0.15, 0.2) is 0 Å². The van der Waals surface area contributed by atoms with Crippen LogP contribution < -0.4 is 4.74 Å².